The number of nitrogens with zero attached hydrogens (tertiary/aromatic N) is 2. The smallest absolute Gasteiger partial charge is 0.254 e. The monoisotopic (exact) mass is 274 g/mol. The predicted octanol–water partition coefficient (Wildman–Crippen LogP) is 1.02. The number of hydrogen-bond acceptors (Lipinski definition) is 3. The molecule has 0 bridgehead atoms. The fourth-order valence-electron chi connectivity index (χ4n) is 2.84. The van der Waals surface area contributed by atoms with Crippen molar-refractivity contribution in [2.45, 2.75) is 25.4 Å². The van der Waals surface area contributed by atoms with Crippen LogP contribution >= 0.6 is 0 Å². The zero-order valence-corrected chi connectivity index (χ0v) is 11.3. The number of amides is 2. The molecule has 0 radical (unpaired) electrons. The lowest BCUT2D eigenvalue weighted by Gasteiger charge is -2.19. The van der Waals surface area contributed by atoms with Gasteiger partial charge >= 0.3 is 0 Å². The summed E-state index contributed by atoms with van der Waals surface area (Å²) in [5.41, 5.74) is 1.37. The van der Waals surface area contributed by atoms with Gasteiger partial charge in [-0.2, -0.15) is 0 Å². The Hall–Kier alpha value is -1.88. The molecule has 1 aromatic rings. The second-order valence-electron chi connectivity index (χ2n) is 5.39. The fraction of sp³-hybridized carbons (Fsp3) is 0.467. The quantitative estimate of drug-likeness (QED) is 0.876. The van der Waals surface area contributed by atoms with Crippen molar-refractivity contribution in [3.8, 4) is 0 Å². The predicted molar refractivity (Wildman–Crippen MR) is 74.6 cm³/mol. The molecule has 5 nitrogen and oxygen atoms in total. The number of likely N-dealkylation sites (tertiary alicyclic amines) is 1. The van der Waals surface area contributed by atoms with Crippen LogP contribution in [0.15, 0.2) is 24.3 Å². The number of carbonyl (C=O) groups is 2. The molecule has 2 heterocycles. The highest BCUT2D eigenvalue weighted by atomic mass is 16.3. The highest BCUT2D eigenvalue weighted by Gasteiger charge is 2.27. The number of aliphatic hydroxyl groups is 1. The van der Waals surface area contributed by atoms with Crippen molar-refractivity contribution in [3.63, 3.8) is 0 Å². The molecule has 106 valence electrons. The maximum absolute atomic E-state index is 12.4. The van der Waals surface area contributed by atoms with E-state index in [1.165, 1.54) is 0 Å². The Kier molecular flexibility index (Phi) is 3.44. The lowest BCUT2D eigenvalue weighted by molar-refractivity contribution is -0.117. The number of β-amino-alcohol motifs (C(OH)–C–C–N with tert-alkyl or cyclic N) is 1. The van der Waals surface area contributed by atoms with Gasteiger partial charge in [-0.25, -0.2) is 0 Å². The van der Waals surface area contributed by atoms with E-state index in [1.54, 1.807) is 28.0 Å². The molecule has 1 atom stereocenters. The summed E-state index contributed by atoms with van der Waals surface area (Å²) in [5.74, 6) is 0.0428. The molecule has 2 aliphatic heterocycles. The van der Waals surface area contributed by atoms with Crippen LogP contribution in [0.3, 0.4) is 0 Å². The lowest BCUT2D eigenvalue weighted by Crippen LogP contribution is -2.30. The molecule has 0 aromatic heterocycles. The lowest BCUT2D eigenvalue weighted by atomic mass is 10.1. The van der Waals surface area contributed by atoms with Crippen LogP contribution in [0.5, 0.6) is 0 Å². The van der Waals surface area contributed by atoms with Crippen molar-refractivity contribution in [1.29, 1.82) is 0 Å². The van der Waals surface area contributed by atoms with Gasteiger partial charge in [0.2, 0.25) is 5.91 Å². The molecule has 2 aliphatic rings. The summed E-state index contributed by atoms with van der Waals surface area (Å²) < 4.78 is 0. The number of rotatable bonds is 2. The number of benzene rings is 1. The molecule has 5 heteroatoms. The van der Waals surface area contributed by atoms with E-state index in [0.717, 1.165) is 18.7 Å². The highest BCUT2D eigenvalue weighted by Crippen LogP contribution is 2.23. The van der Waals surface area contributed by atoms with E-state index < -0.39 is 6.10 Å². The van der Waals surface area contributed by atoms with Gasteiger partial charge in [-0.1, -0.05) is 6.07 Å². The Morgan fingerprint density at radius 3 is 2.80 bits per heavy atom. The van der Waals surface area contributed by atoms with Crippen molar-refractivity contribution in [1.82, 2.24) is 4.90 Å². The topological polar surface area (TPSA) is 60.9 Å². The van der Waals surface area contributed by atoms with Gasteiger partial charge in [0.25, 0.3) is 5.91 Å². The standard InChI is InChI=1S/C15H18N2O3/c18-13-6-8-16(10-13)15(20)11-3-1-4-12(9-11)17-7-2-5-14(17)19/h1,3-4,9,13,18H,2,5-8,10H2/t13-/m1/s1. The summed E-state index contributed by atoms with van der Waals surface area (Å²) in [5, 5.41) is 9.51. The third-order valence-corrected chi connectivity index (χ3v) is 3.93. The first-order valence-electron chi connectivity index (χ1n) is 7.03. The zero-order valence-electron chi connectivity index (χ0n) is 11.3. The summed E-state index contributed by atoms with van der Waals surface area (Å²) in [6.07, 6.45) is 1.67. The minimum Gasteiger partial charge on any atom is -0.391 e. The third-order valence-electron chi connectivity index (χ3n) is 3.93. The molecular formula is C15H18N2O3. The largest absolute Gasteiger partial charge is 0.391 e. The zero-order chi connectivity index (χ0) is 14.1. The van der Waals surface area contributed by atoms with Gasteiger partial charge in [-0.05, 0) is 31.0 Å². The molecule has 0 spiro atoms. The first-order chi connectivity index (χ1) is 9.65. The number of carbonyl (C=O) groups excluding carboxylic acids is 2. The molecule has 1 N–H and O–H groups in total. The Bertz CT molecular complexity index is 544. The van der Waals surface area contributed by atoms with Gasteiger partial charge < -0.3 is 14.9 Å². The minimum atomic E-state index is -0.415. The second-order valence-corrected chi connectivity index (χ2v) is 5.39. The van der Waals surface area contributed by atoms with E-state index in [1.807, 2.05) is 6.07 Å². The summed E-state index contributed by atoms with van der Waals surface area (Å²) in [6.45, 7) is 1.71. The van der Waals surface area contributed by atoms with Crippen molar-refractivity contribution in [2.75, 3.05) is 24.5 Å². The van der Waals surface area contributed by atoms with Crippen LogP contribution in [-0.4, -0.2) is 47.6 Å². The number of anilines is 1. The van der Waals surface area contributed by atoms with E-state index in [4.69, 9.17) is 0 Å². The summed E-state index contributed by atoms with van der Waals surface area (Å²) >= 11 is 0. The van der Waals surface area contributed by atoms with E-state index in [2.05, 4.69) is 0 Å². The molecule has 2 amide bonds. The van der Waals surface area contributed by atoms with Gasteiger partial charge in [-0.3, -0.25) is 9.59 Å². The van der Waals surface area contributed by atoms with E-state index >= 15 is 0 Å². The van der Waals surface area contributed by atoms with Crippen LogP contribution in [0.4, 0.5) is 5.69 Å². The second kappa shape index (κ2) is 5.25. The van der Waals surface area contributed by atoms with Crippen molar-refractivity contribution >= 4 is 17.5 Å². The van der Waals surface area contributed by atoms with Gasteiger partial charge in [0.05, 0.1) is 6.10 Å². The van der Waals surface area contributed by atoms with E-state index in [9.17, 15) is 14.7 Å². The molecule has 1 aromatic carbocycles. The Balaban J connectivity index is 1.80. The van der Waals surface area contributed by atoms with Crippen LogP contribution in [0.25, 0.3) is 0 Å². The van der Waals surface area contributed by atoms with Crippen LogP contribution < -0.4 is 4.90 Å². The normalized spacial score (nSPS) is 22.6. The first kappa shape index (κ1) is 13.1. The molecule has 2 fully saturated rings. The summed E-state index contributed by atoms with van der Waals surface area (Å²) in [7, 11) is 0. The van der Waals surface area contributed by atoms with Crippen molar-refractivity contribution < 1.29 is 14.7 Å². The molecule has 0 aliphatic carbocycles. The fourth-order valence-corrected chi connectivity index (χ4v) is 2.84. The molecule has 0 unspecified atom stereocenters. The maximum atomic E-state index is 12.4. The van der Waals surface area contributed by atoms with E-state index in [-0.39, 0.29) is 11.8 Å². The first-order valence-corrected chi connectivity index (χ1v) is 7.03. The third kappa shape index (κ3) is 2.41. The maximum Gasteiger partial charge on any atom is 0.254 e. The summed E-state index contributed by atoms with van der Waals surface area (Å²) in [6, 6.07) is 7.20. The van der Waals surface area contributed by atoms with Gasteiger partial charge in [0.15, 0.2) is 0 Å². The highest BCUT2D eigenvalue weighted by molar-refractivity contribution is 5.99. The summed E-state index contributed by atoms with van der Waals surface area (Å²) in [4.78, 5) is 27.5. The van der Waals surface area contributed by atoms with Crippen LogP contribution in [0, 0.1) is 0 Å². The van der Waals surface area contributed by atoms with Gasteiger partial charge in [0, 0.05) is 37.3 Å². The molecule has 2 saturated heterocycles. The molecule has 0 saturated carbocycles. The van der Waals surface area contributed by atoms with Crippen LogP contribution in [-0.2, 0) is 4.79 Å². The Morgan fingerprint density at radius 2 is 2.15 bits per heavy atom. The average molecular weight is 274 g/mol. The van der Waals surface area contributed by atoms with E-state index in [0.29, 0.717) is 31.5 Å². The molecule has 3 rings (SSSR count). The SMILES string of the molecule is O=C(c1cccc(N2CCCC2=O)c1)N1CC[C@@H](O)C1. The van der Waals surface area contributed by atoms with Crippen molar-refractivity contribution in [2.24, 2.45) is 0 Å². The molecule has 20 heavy (non-hydrogen) atoms. The minimum absolute atomic E-state index is 0.0740. The molecular weight excluding hydrogens is 256 g/mol. The van der Waals surface area contributed by atoms with Crippen molar-refractivity contribution in [3.05, 3.63) is 29.8 Å². The van der Waals surface area contributed by atoms with Crippen LogP contribution in [0.1, 0.15) is 29.6 Å². The van der Waals surface area contributed by atoms with Crippen LogP contribution in [0.2, 0.25) is 0 Å². The Labute approximate surface area is 117 Å². The average Bonchev–Trinajstić information content (AvgIpc) is 3.07. The Morgan fingerprint density at radius 1 is 1.30 bits per heavy atom. The number of hydrogen-bond donors (Lipinski definition) is 1. The van der Waals surface area contributed by atoms with Gasteiger partial charge in [0.1, 0.15) is 0 Å². The number of aliphatic hydroxyl groups excluding tert-OH is 1. The van der Waals surface area contributed by atoms with Gasteiger partial charge in [-0.15, -0.1) is 0 Å².